The van der Waals surface area contributed by atoms with Crippen LogP contribution in [0.15, 0.2) is 77.7 Å². The Labute approximate surface area is 192 Å². The molecule has 3 rings (SSSR count). The zero-order chi connectivity index (χ0) is 23.3. The number of hydrogen-bond donors (Lipinski definition) is 0. The van der Waals surface area contributed by atoms with Crippen molar-refractivity contribution in [3.8, 4) is 0 Å². The first kappa shape index (κ1) is 23.9. The third-order valence-electron chi connectivity index (χ3n) is 5.12. The van der Waals surface area contributed by atoms with E-state index in [1.165, 1.54) is 47.8 Å². The van der Waals surface area contributed by atoms with Crippen LogP contribution in [-0.4, -0.2) is 25.8 Å². The number of hydrogen-bond acceptors (Lipinski definition) is 4. The molecule has 0 aliphatic rings. The van der Waals surface area contributed by atoms with Crippen molar-refractivity contribution in [3.63, 3.8) is 0 Å². The first-order valence-electron chi connectivity index (χ1n) is 9.97. The molecule has 0 heterocycles. The van der Waals surface area contributed by atoms with Crippen LogP contribution in [0.25, 0.3) is 0 Å². The summed E-state index contributed by atoms with van der Waals surface area (Å²) in [4.78, 5) is 11.8. The molecule has 0 saturated carbocycles. The van der Waals surface area contributed by atoms with E-state index in [9.17, 15) is 17.6 Å². The van der Waals surface area contributed by atoms with Crippen LogP contribution in [0.2, 0.25) is 5.02 Å². The molecular formula is C24H23ClFNO4S. The molecule has 0 saturated heterocycles. The standard InChI is InChI=1S/C24H23ClFNO4S/c1-3-23(18-7-5-4-6-8-18)27(32(29,30)20-12-10-19(25)11-13-20)16-17-9-14-21(22(26)15-17)24(28)31-2/h4-15,23H,3,16H2,1-2H3. The van der Waals surface area contributed by atoms with Crippen LogP contribution in [-0.2, 0) is 21.3 Å². The van der Waals surface area contributed by atoms with E-state index in [4.69, 9.17) is 11.6 Å². The average molecular weight is 476 g/mol. The third-order valence-corrected chi connectivity index (χ3v) is 7.24. The fourth-order valence-electron chi connectivity index (χ4n) is 3.50. The smallest absolute Gasteiger partial charge is 0.340 e. The van der Waals surface area contributed by atoms with E-state index >= 15 is 0 Å². The van der Waals surface area contributed by atoms with Crippen molar-refractivity contribution in [1.29, 1.82) is 0 Å². The highest BCUT2D eigenvalue weighted by molar-refractivity contribution is 7.89. The van der Waals surface area contributed by atoms with E-state index in [2.05, 4.69) is 4.74 Å². The SMILES string of the molecule is CCC(c1ccccc1)N(Cc1ccc(C(=O)OC)c(F)c1)S(=O)(=O)c1ccc(Cl)cc1. The second-order valence-electron chi connectivity index (χ2n) is 7.14. The van der Waals surface area contributed by atoms with Gasteiger partial charge in [0.15, 0.2) is 0 Å². The minimum atomic E-state index is -3.96. The molecule has 0 fully saturated rings. The summed E-state index contributed by atoms with van der Waals surface area (Å²) in [6.45, 7) is 1.81. The zero-order valence-electron chi connectivity index (χ0n) is 17.7. The highest BCUT2D eigenvalue weighted by atomic mass is 35.5. The topological polar surface area (TPSA) is 63.7 Å². The van der Waals surface area contributed by atoms with Crippen molar-refractivity contribution in [1.82, 2.24) is 4.31 Å². The maximum Gasteiger partial charge on any atom is 0.340 e. The summed E-state index contributed by atoms with van der Waals surface area (Å²) in [5, 5.41) is 0.422. The van der Waals surface area contributed by atoms with E-state index in [-0.39, 0.29) is 17.0 Å². The van der Waals surface area contributed by atoms with Gasteiger partial charge in [-0.2, -0.15) is 4.31 Å². The number of benzene rings is 3. The molecule has 0 radical (unpaired) electrons. The van der Waals surface area contributed by atoms with Crippen molar-refractivity contribution in [2.45, 2.75) is 30.8 Å². The van der Waals surface area contributed by atoms with Crippen molar-refractivity contribution < 1.29 is 22.3 Å². The van der Waals surface area contributed by atoms with Crippen LogP contribution in [0, 0.1) is 5.82 Å². The van der Waals surface area contributed by atoms with Gasteiger partial charge in [-0.25, -0.2) is 17.6 Å². The van der Waals surface area contributed by atoms with Gasteiger partial charge >= 0.3 is 5.97 Å². The quantitative estimate of drug-likeness (QED) is 0.397. The summed E-state index contributed by atoms with van der Waals surface area (Å²) in [5.74, 6) is -1.57. The zero-order valence-corrected chi connectivity index (χ0v) is 19.2. The lowest BCUT2D eigenvalue weighted by molar-refractivity contribution is 0.0595. The molecule has 3 aromatic carbocycles. The van der Waals surface area contributed by atoms with Crippen LogP contribution in [0.3, 0.4) is 0 Å². The summed E-state index contributed by atoms with van der Waals surface area (Å²) >= 11 is 5.94. The van der Waals surface area contributed by atoms with E-state index in [1.807, 2.05) is 37.3 Å². The Balaban J connectivity index is 2.07. The van der Waals surface area contributed by atoms with Gasteiger partial charge in [-0.05, 0) is 53.9 Å². The lowest BCUT2D eigenvalue weighted by Gasteiger charge is -2.31. The van der Waals surface area contributed by atoms with Crippen LogP contribution >= 0.6 is 11.6 Å². The highest BCUT2D eigenvalue weighted by Crippen LogP contribution is 2.32. The number of methoxy groups -OCH3 is 1. The van der Waals surface area contributed by atoms with Crippen molar-refractivity contribution in [2.75, 3.05) is 7.11 Å². The monoisotopic (exact) mass is 475 g/mol. The normalized spacial score (nSPS) is 12.5. The van der Waals surface area contributed by atoms with Gasteiger partial charge in [-0.1, -0.05) is 54.9 Å². The molecule has 0 aromatic heterocycles. The Morgan fingerprint density at radius 3 is 2.28 bits per heavy atom. The number of carbonyl (C=O) groups excluding carboxylic acids is 1. The number of carbonyl (C=O) groups is 1. The minimum Gasteiger partial charge on any atom is -0.465 e. The van der Waals surface area contributed by atoms with Crippen LogP contribution in [0.1, 0.15) is 40.9 Å². The molecule has 32 heavy (non-hydrogen) atoms. The molecule has 1 unspecified atom stereocenters. The molecular weight excluding hydrogens is 453 g/mol. The van der Waals surface area contributed by atoms with Crippen molar-refractivity contribution in [2.24, 2.45) is 0 Å². The summed E-state index contributed by atoms with van der Waals surface area (Å²) in [6.07, 6.45) is 0.500. The van der Waals surface area contributed by atoms with Crippen LogP contribution in [0.4, 0.5) is 4.39 Å². The summed E-state index contributed by atoms with van der Waals surface area (Å²) < 4.78 is 47.7. The summed E-state index contributed by atoms with van der Waals surface area (Å²) in [6, 6.07) is 18.7. The Hall–Kier alpha value is -2.74. The maximum absolute atomic E-state index is 14.5. The van der Waals surface area contributed by atoms with Gasteiger partial charge in [0.25, 0.3) is 0 Å². The lowest BCUT2D eigenvalue weighted by Crippen LogP contribution is -2.34. The van der Waals surface area contributed by atoms with E-state index in [0.717, 1.165) is 11.6 Å². The van der Waals surface area contributed by atoms with Gasteiger partial charge in [0.05, 0.1) is 23.6 Å². The van der Waals surface area contributed by atoms with Gasteiger partial charge < -0.3 is 4.74 Å². The summed E-state index contributed by atoms with van der Waals surface area (Å²) in [5.41, 5.74) is 1.01. The number of nitrogens with zero attached hydrogens (tertiary/aromatic N) is 1. The first-order valence-corrected chi connectivity index (χ1v) is 11.8. The Morgan fingerprint density at radius 2 is 1.72 bits per heavy atom. The number of sulfonamides is 1. The van der Waals surface area contributed by atoms with Gasteiger partial charge in [-0.15, -0.1) is 0 Å². The van der Waals surface area contributed by atoms with E-state index in [0.29, 0.717) is 17.0 Å². The number of ether oxygens (including phenoxy) is 1. The molecule has 3 aromatic rings. The molecule has 5 nitrogen and oxygen atoms in total. The number of halogens is 2. The number of rotatable bonds is 8. The largest absolute Gasteiger partial charge is 0.465 e. The van der Waals surface area contributed by atoms with Gasteiger partial charge in [-0.3, -0.25) is 0 Å². The molecule has 0 spiro atoms. The molecule has 0 bridgehead atoms. The van der Waals surface area contributed by atoms with Crippen molar-refractivity contribution in [3.05, 3.63) is 100 Å². The predicted octanol–water partition coefficient (Wildman–Crippen LogP) is 5.61. The summed E-state index contributed by atoms with van der Waals surface area (Å²) in [7, 11) is -2.79. The van der Waals surface area contributed by atoms with Crippen molar-refractivity contribution >= 4 is 27.6 Å². The maximum atomic E-state index is 14.5. The number of esters is 1. The average Bonchev–Trinajstić information content (AvgIpc) is 2.79. The Bertz CT molecular complexity index is 1180. The molecule has 0 aliphatic carbocycles. The minimum absolute atomic E-state index is 0.0860. The van der Waals surface area contributed by atoms with Gasteiger partial charge in [0.1, 0.15) is 5.82 Å². The lowest BCUT2D eigenvalue weighted by atomic mass is 10.0. The van der Waals surface area contributed by atoms with Gasteiger partial charge in [0.2, 0.25) is 10.0 Å². The van der Waals surface area contributed by atoms with E-state index < -0.39 is 27.9 Å². The first-order chi connectivity index (χ1) is 15.3. The van der Waals surface area contributed by atoms with Gasteiger partial charge in [0, 0.05) is 11.6 Å². The Morgan fingerprint density at radius 1 is 1.06 bits per heavy atom. The molecule has 168 valence electrons. The van der Waals surface area contributed by atoms with Crippen LogP contribution in [0.5, 0.6) is 0 Å². The molecule has 1 atom stereocenters. The molecule has 8 heteroatoms. The van der Waals surface area contributed by atoms with Crippen LogP contribution < -0.4 is 0 Å². The molecule has 0 aliphatic heterocycles. The Kier molecular flexibility index (Phi) is 7.66. The molecule has 0 amide bonds. The fraction of sp³-hybridized carbons (Fsp3) is 0.208. The van der Waals surface area contributed by atoms with E-state index in [1.54, 1.807) is 0 Å². The second-order valence-corrected chi connectivity index (χ2v) is 9.47. The predicted molar refractivity (Wildman–Crippen MR) is 121 cm³/mol. The second kappa shape index (κ2) is 10.3. The third kappa shape index (κ3) is 5.18. The molecule has 0 N–H and O–H groups in total. The highest BCUT2D eigenvalue weighted by Gasteiger charge is 2.32. The fourth-order valence-corrected chi connectivity index (χ4v) is 5.30.